The lowest BCUT2D eigenvalue weighted by molar-refractivity contribution is -0.154. The number of hydrogen-bond donors (Lipinski definition) is 0. The molecule has 3 aromatic rings. The van der Waals surface area contributed by atoms with Crippen molar-refractivity contribution < 1.29 is 28.7 Å². The third kappa shape index (κ3) is 6.39. The zero-order valence-corrected chi connectivity index (χ0v) is 27.2. The second kappa shape index (κ2) is 12.8. The Balaban J connectivity index is 1.37. The number of amides is 3. The van der Waals surface area contributed by atoms with Gasteiger partial charge in [0.05, 0.1) is 17.4 Å². The van der Waals surface area contributed by atoms with Gasteiger partial charge < -0.3 is 4.74 Å². The normalized spacial score (nSPS) is 21.6. The van der Waals surface area contributed by atoms with Crippen LogP contribution in [0.2, 0.25) is 5.02 Å². The molecule has 0 unspecified atom stereocenters. The van der Waals surface area contributed by atoms with E-state index in [1.807, 2.05) is 0 Å². The summed E-state index contributed by atoms with van der Waals surface area (Å²) in [6, 6.07) is 18.5. The van der Waals surface area contributed by atoms with Gasteiger partial charge in [-0.15, -0.1) is 0 Å². The van der Waals surface area contributed by atoms with Crippen molar-refractivity contribution in [1.82, 2.24) is 10.0 Å². The van der Waals surface area contributed by atoms with E-state index < -0.39 is 47.9 Å². The molecule has 5 rings (SSSR count). The predicted molar refractivity (Wildman–Crippen MR) is 166 cm³/mol. The predicted octanol–water partition coefficient (Wildman–Crippen LogP) is 6.48. The van der Waals surface area contributed by atoms with E-state index in [-0.39, 0.29) is 26.5 Å². The molecule has 0 bridgehead atoms. The zero-order chi connectivity index (χ0) is 30.1. The molecule has 1 aliphatic heterocycles. The topological polar surface area (TPSA) is 101 Å². The third-order valence-electron chi connectivity index (χ3n) is 7.22. The summed E-state index contributed by atoms with van der Waals surface area (Å²) in [5.41, 5.74) is 0.715. The minimum absolute atomic E-state index is 0.0196. The van der Waals surface area contributed by atoms with Crippen molar-refractivity contribution in [2.24, 2.45) is 11.8 Å². The Kier molecular flexibility index (Phi) is 9.31. The summed E-state index contributed by atoms with van der Waals surface area (Å²) in [4.78, 5) is 66.6. The molecule has 2 aliphatic rings. The van der Waals surface area contributed by atoms with E-state index in [0.29, 0.717) is 23.4 Å². The summed E-state index contributed by atoms with van der Waals surface area (Å²) in [7, 11) is 0. The van der Waals surface area contributed by atoms with Crippen molar-refractivity contribution in [3.63, 3.8) is 0 Å². The SMILES string of the molecule is O=C(CN(C(=O)c1ccc(Cl)cc1)N1C(=O)[C@H]2C[C@H](Br)[C@@H](Br)C[C@H]2C1=O)c1ccc(OC(=O)c2ccc(Br)cc2)cc1. The second-order valence-electron chi connectivity index (χ2n) is 9.92. The fourth-order valence-corrected chi connectivity index (χ4v) is 6.61. The van der Waals surface area contributed by atoms with Gasteiger partial charge in [0.1, 0.15) is 12.3 Å². The van der Waals surface area contributed by atoms with Crippen LogP contribution in [-0.2, 0) is 9.59 Å². The molecule has 0 radical (unpaired) electrons. The fourth-order valence-electron chi connectivity index (χ4n) is 4.98. The van der Waals surface area contributed by atoms with Crippen LogP contribution in [0.3, 0.4) is 0 Å². The number of nitrogens with zero attached hydrogens (tertiary/aromatic N) is 2. The molecule has 3 aromatic carbocycles. The molecule has 0 aromatic heterocycles. The molecule has 1 heterocycles. The molecule has 12 heteroatoms. The van der Waals surface area contributed by atoms with Crippen LogP contribution in [0.1, 0.15) is 43.9 Å². The number of ketones is 1. The van der Waals surface area contributed by atoms with Crippen LogP contribution in [0, 0.1) is 11.8 Å². The smallest absolute Gasteiger partial charge is 0.343 e. The highest BCUT2D eigenvalue weighted by atomic mass is 79.9. The van der Waals surface area contributed by atoms with Crippen molar-refractivity contribution in [2.75, 3.05) is 6.54 Å². The number of alkyl halides is 2. The number of benzene rings is 3. The number of esters is 1. The number of fused-ring (bicyclic) bond motifs is 1. The Bertz CT molecular complexity index is 1520. The van der Waals surface area contributed by atoms with Crippen LogP contribution >= 0.6 is 59.4 Å². The third-order valence-corrected chi connectivity index (χ3v) is 10.7. The lowest BCUT2D eigenvalue weighted by Gasteiger charge is -2.30. The zero-order valence-electron chi connectivity index (χ0n) is 21.7. The highest BCUT2D eigenvalue weighted by Gasteiger charge is 2.54. The highest BCUT2D eigenvalue weighted by Crippen LogP contribution is 2.43. The first-order valence-corrected chi connectivity index (χ1v) is 15.9. The van der Waals surface area contributed by atoms with Crippen molar-refractivity contribution in [1.29, 1.82) is 0 Å². The lowest BCUT2D eigenvalue weighted by atomic mass is 9.81. The van der Waals surface area contributed by atoms with Gasteiger partial charge in [-0.2, -0.15) is 5.01 Å². The van der Waals surface area contributed by atoms with Gasteiger partial charge >= 0.3 is 5.97 Å². The number of imide groups is 1. The van der Waals surface area contributed by atoms with Crippen molar-refractivity contribution in [3.8, 4) is 5.75 Å². The molecule has 42 heavy (non-hydrogen) atoms. The second-order valence-corrected chi connectivity index (χ2v) is 13.6. The van der Waals surface area contributed by atoms with Gasteiger partial charge in [-0.05, 0) is 85.6 Å². The van der Waals surface area contributed by atoms with Gasteiger partial charge in [-0.25, -0.2) is 9.80 Å². The van der Waals surface area contributed by atoms with E-state index in [1.54, 1.807) is 24.3 Å². The molecule has 1 saturated carbocycles. The Labute approximate surface area is 271 Å². The summed E-state index contributed by atoms with van der Waals surface area (Å²) in [6.07, 6.45) is 0.831. The van der Waals surface area contributed by atoms with E-state index in [9.17, 15) is 24.0 Å². The minimum atomic E-state index is -0.689. The van der Waals surface area contributed by atoms with Crippen molar-refractivity contribution in [2.45, 2.75) is 22.5 Å². The molecule has 216 valence electrons. The van der Waals surface area contributed by atoms with Crippen LogP contribution in [-0.4, -0.2) is 55.7 Å². The first-order chi connectivity index (χ1) is 20.0. The summed E-state index contributed by atoms with van der Waals surface area (Å²) >= 11 is 16.4. The van der Waals surface area contributed by atoms with Crippen LogP contribution < -0.4 is 4.74 Å². The molecule has 1 saturated heterocycles. The molecule has 0 spiro atoms. The number of Topliss-reactive ketones (excluding diaryl/α,β-unsaturated/α-hetero) is 1. The summed E-state index contributed by atoms with van der Waals surface area (Å²) in [5.74, 6) is -3.79. The molecule has 4 atom stereocenters. The highest BCUT2D eigenvalue weighted by molar-refractivity contribution is 9.12. The molecule has 2 fully saturated rings. The summed E-state index contributed by atoms with van der Waals surface area (Å²) in [6.45, 7) is -0.564. The van der Waals surface area contributed by atoms with Gasteiger partial charge in [0.2, 0.25) is 0 Å². The lowest BCUT2D eigenvalue weighted by Crippen LogP contribution is -2.52. The van der Waals surface area contributed by atoms with E-state index in [2.05, 4.69) is 47.8 Å². The Morgan fingerprint density at radius 2 is 1.29 bits per heavy atom. The fraction of sp³-hybridized carbons (Fsp3) is 0.233. The van der Waals surface area contributed by atoms with E-state index >= 15 is 0 Å². The standard InChI is InChI=1S/C30H22Br3ClN2O6/c31-19-7-1-18(2-8-19)30(41)42-21-11-5-16(6-12-21)26(37)15-35(27(38)17-3-9-20(34)10-4-17)36-28(39)22-13-24(32)25(33)14-23(22)29(36)40/h1-12,22-25H,13-15H2/t22-,23+,24-,25-/m0/s1. The largest absolute Gasteiger partial charge is 0.423 e. The quantitative estimate of drug-likeness (QED) is 0.0895. The summed E-state index contributed by atoms with van der Waals surface area (Å²) in [5, 5.41) is 2.16. The molecule has 8 nitrogen and oxygen atoms in total. The van der Waals surface area contributed by atoms with Crippen LogP contribution in [0.25, 0.3) is 0 Å². The van der Waals surface area contributed by atoms with Gasteiger partial charge in [-0.3, -0.25) is 19.2 Å². The van der Waals surface area contributed by atoms with Gasteiger partial charge in [-0.1, -0.05) is 59.4 Å². The maximum absolute atomic E-state index is 13.7. The Hall–Kier alpha value is -2.86. The number of hydrogen-bond acceptors (Lipinski definition) is 6. The number of halogens is 4. The maximum Gasteiger partial charge on any atom is 0.343 e. The number of carbonyl (C=O) groups is 5. The number of carbonyl (C=O) groups excluding carboxylic acids is 5. The van der Waals surface area contributed by atoms with E-state index in [1.165, 1.54) is 48.5 Å². The minimum Gasteiger partial charge on any atom is -0.423 e. The van der Waals surface area contributed by atoms with Crippen molar-refractivity contribution in [3.05, 3.63) is 99.0 Å². The molecule has 1 aliphatic carbocycles. The molecule has 3 amide bonds. The van der Waals surface area contributed by atoms with Crippen LogP contribution in [0.4, 0.5) is 0 Å². The van der Waals surface area contributed by atoms with E-state index in [0.717, 1.165) is 14.5 Å². The monoisotopic (exact) mass is 778 g/mol. The van der Waals surface area contributed by atoms with Crippen LogP contribution in [0.5, 0.6) is 5.75 Å². The first kappa shape index (κ1) is 30.6. The molecular formula is C30H22Br3ClN2O6. The first-order valence-electron chi connectivity index (χ1n) is 12.9. The molecular weight excluding hydrogens is 760 g/mol. The average Bonchev–Trinajstić information content (AvgIpc) is 3.20. The van der Waals surface area contributed by atoms with Crippen LogP contribution in [0.15, 0.2) is 77.3 Å². The number of ether oxygens (including phenoxy) is 1. The summed E-state index contributed by atoms with van der Waals surface area (Å²) < 4.78 is 6.22. The van der Waals surface area contributed by atoms with Crippen molar-refractivity contribution >= 4 is 88.9 Å². The van der Waals surface area contributed by atoms with E-state index in [4.69, 9.17) is 16.3 Å². The Morgan fingerprint density at radius 1 is 0.786 bits per heavy atom. The Morgan fingerprint density at radius 3 is 1.83 bits per heavy atom. The van der Waals surface area contributed by atoms with Gasteiger partial charge in [0.25, 0.3) is 17.7 Å². The van der Waals surface area contributed by atoms with Gasteiger partial charge in [0, 0.05) is 30.3 Å². The number of hydrazine groups is 1. The maximum atomic E-state index is 13.7. The average molecular weight is 782 g/mol. The van der Waals surface area contributed by atoms with Gasteiger partial charge in [0.15, 0.2) is 5.78 Å². The molecule has 0 N–H and O–H groups in total. The number of rotatable bonds is 7.